The van der Waals surface area contributed by atoms with Crippen molar-refractivity contribution in [3.05, 3.63) is 36.5 Å². The van der Waals surface area contributed by atoms with E-state index in [9.17, 15) is 19.0 Å². The summed E-state index contributed by atoms with van der Waals surface area (Å²) in [5, 5.41) is 3.03. The zero-order valence-corrected chi connectivity index (χ0v) is 49.3. The predicted molar refractivity (Wildman–Crippen MR) is 307 cm³/mol. The van der Waals surface area contributed by atoms with Crippen LogP contribution in [-0.4, -0.2) is 69.4 Å². The maximum atomic E-state index is 13.5. The lowest BCUT2D eigenvalue weighted by molar-refractivity contribution is -0.870. The van der Waals surface area contributed by atoms with Gasteiger partial charge in [-0.1, -0.05) is 257 Å². The first-order chi connectivity index (χ1) is 34.9. The monoisotopic (exact) mass is 1030 g/mol. The van der Waals surface area contributed by atoms with Crippen LogP contribution in [0.25, 0.3) is 0 Å². The molecule has 9 nitrogen and oxygen atoms in total. The fourth-order valence-electron chi connectivity index (χ4n) is 9.02. The number of nitrogens with one attached hydrogen (secondary N) is 1. The first-order valence-corrected chi connectivity index (χ1v) is 32.3. The van der Waals surface area contributed by atoms with E-state index in [0.717, 1.165) is 77.0 Å². The number of allylic oxidation sites excluding steroid dienone is 5. The van der Waals surface area contributed by atoms with Crippen LogP contribution < -0.4 is 10.2 Å². The second kappa shape index (κ2) is 52.7. The molecule has 0 aromatic heterocycles. The number of quaternary nitrogens is 1. The largest absolute Gasteiger partial charge is 0.756 e. The third kappa shape index (κ3) is 53.1. The molecule has 0 saturated heterocycles. The number of hydrogen-bond donors (Lipinski definition) is 1. The minimum atomic E-state index is -4.69. The first-order valence-electron chi connectivity index (χ1n) is 30.8. The molecule has 10 heteroatoms. The topological polar surface area (TPSA) is 114 Å². The number of carbonyl (C=O) groups is 2. The summed E-state index contributed by atoms with van der Waals surface area (Å²) in [6, 6.07) is -0.887. The van der Waals surface area contributed by atoms with E-state index in [1.54, 1.807) is 0 Å². The summed E-state index contributed by atoms with van der Waals surface area (Å²) in [6.07, 6.45) is 62.4. The first kappa shape index (κ1) is 70.2. The van der Waals surface area contributed by atoms with Gasteiger partial charge in [0.2, 0.25) is 5.91 Å². The summed E-state index contributed by atoms with van der Waals surface area (Å²) in [7, 11) is 1.19. The molecule has 1 amide bonds. The highest BCUT2D eigenvalue weighted by Crippen LogP contribution is 2.38. The van der Waals surface area contributed by atoms with Gasteiger partial charge in [0.15, 0.2) is 0 Å². The third-order valence-electron chi connectivity index (χ3n) is 13.8. The van der Waals surface area contributed by atoms with Gasteiger partial charge >= 0.3 is 5.97 Å². The van der Waals surface area contributed by atoms with E-state index < -0.39 is 20.0 Å². The van der Waals surface area contributed by atoms with E-state index in [-0.39, 0.29) is 31.5 Å². The number of likely N-dealkylation sites (N-methyl/N-ethyl adjacent to an activating group) is 1. The lowest BCUT2D eigenvalue weighted by Crippen LogP contribution is -2.47. The number of rotatable bonds is 56. The van der Waals surface area contributed by atoms with Gasteiger partial charge in [-0.3, -0.25) is 14.2 Å². The molecule has 3 atom stereocenters. The molecule has 0 spiro atoms. The number of ether oxygens (including phenoxy) is 1. The Morgan fingerprint density at radius 3 is 1.28 bits per heavy atom. The second-order valence-electron chi connectivity index (χ2n) is 22.2. The van der Waals surface area contributed by atoms with Gasteiger partial charge in [-0.15, -0.1) is 0 Å². The van der Waals surface area contributed by atoms with Gasteiger partial charge in [-0.05, 0) is 63.9 Å². The molecule has 0 saturated carbocycles. The number of esters is 1. The normalized spacial score (nSPS) is 13.9. The van der Waals surface area contributed by atoms with Crippen molar-refractivity contribution in [3.63, 3.8) is 0 Å². The Morgan fingerprint density at radius 1 is 0.486 bits per heavy atom. The Balaban J connectivity index is 5.30. The molecule has 0 aliphatic carbocycles. The summed E-state index contributed by atoms with van der Waals surface area (Å²) in [4.78, 5) is 40.0. The van der Waals surface area contributed by atoms with Crippen molar-refractivity contribution in [2.45, 2.75) is 309 Å². The van der Waals surface area contributed by atoms with Crippen molar-refractivity contribution in [3.8, 4) is 0 Å². The van der Waals surface area contributed by atoms with Crippen molar-refractivity contribution < 1.29 is 37.3 Å². The quantitative estimate of drug-likeness (QED) is 0.0212. The molecule has 0 rings (SSSR count). The van der Waals surface area contributed by atoms with Gasteiger partial charge in [-0.2, -0.15) is 0 Å². The van der Waals surface area contributed by atoms with Crippen LogP contribution in [0, 0.1) is 0 Å². The summed E-state index contributed by atoms with van der Waals surface area (Å²) in [6.45, 7) is 6.85. The molecule has 0 aromatic carbocycles. The fraction of sp³-hybridized carbons (Fsp3) is 0.871. The van der Waals surface area contributed by atoms with Gasteiger partial charge in [0.25, 0.3) is 7.82 Å². The fourth-order valence-corrected chi connectivity index (χ4v) is 9.75. The number of nitrogens with zero attached hydrogens (tertiary/aromatic N) is 1. The number of hydrogen-bond acceptors (Lipinski definition) is 7. The van der Waals surface area contributed by atoms with Crippen LogP contribution in [0.5, 0.6) is 0 Å². The molecular formula is C62H119N2O7P. The lowest BCUT2D eigenvalue weighted by atomic mass is 10.0. The Morgan fingerprint density at radius 2 is 0.847 bits per heavy atom. The number of carbonyl (C=O) groups excluding carboxylic acids is 2. The van der Waals surface area contributed by atoms with Gasteiger partial charge in [0.05, 0.1) is 33.8 Å². The molecule has 0 aromatic rings. The van der Waals surface area contributed by atoms with Crippen LogP contribution in [-0.2, 0) is 27.9 Å². The minimum absolute atomic E-state index is 0.0213. The molecule has 424 valence electrons. The zero-order valence-electron chi connectivity index (χ0n) is 48.4. The van der Waals surface area contributed by atoms with Crippen LogP contribution in [0.15, 0.2) is 36.5 Å². The van der Waals surface area contributed by atoms with Crippen molar-refractivity contribution in [1.82, 2.24) is 5.32 Å². The summed E-state index contributed by atoms with van der Waals surface area (Å²) >= 11 is 0. The maximum Gasteiger partial charge on any atom is 0.306 e. The molecule has 1 N–H and O–H groups in total. The highest BCUT2D eigenvalue weighted by molar-refractivity contribution is 7.45. The second-order valence-corrected chi connectivity index (χ2v) is 23.6. The van der Waals surface area contributed by atoms with Crippen molar-refractivity contribution in [2.24, 2.45) is 0 Å². The Labute approximate surface area is 446 Å². The van der Waals surface area contributed by atoms with Crippen LogP contribution in [0.4, 0.5) is 0 Å². The SMILES string of the molecule is CCCCC/C=C\C/C=C\CCCCCCCCCC(=O)OC(/C=C/CCCCCCCCCCCCC)C(COP(=O)([O-])OCC[N+](C)(C)C)NC(=O)CCCCCCCCCCCCCCCCCC. The summed E-state index contributed by atoms with van der Waals surface area (Å²) < 4.78 is 30.3. The van der Waals surface area contributed by atoms with Gasteiger partial charge in [0, 0.05) is 12.8 Å². The Hall–Kier alpha value is -1.77. The van der Waals surface area contributed by atoms with E-state index >= 15 is 0 Å². The maximum absolute atomic E-state index is 13.5. The number of phosphoric acid groups is 1. The molecule has 0 aliphatic heterocycles. The highest BCUT2D eigenvalue weighted by Gasteiger charge is 2.27. The standard InChI is InChI=1S/C62H119N2O7P/c1-7-10-13-16-19-22-25-28-30-32-34-37-40-43-46-49-52-55-62(66)71-60(53-50-47-44-41-38-35-27-24-21-18-15-12-9-3)59(58-70-72(67,68)69-57-56-64(4,5)6)63-61(65)54-51-48-45-42-39-36-33-31-29-26-23-20-17-14-11-8-2/h19,22,28,30,50,53,59-60H,7-18,20-21,23-27,29,31-49,51-52,54-58H2,1-6H3,(H-,63,65,67,68)/b22-19-,30-28-,53-50+. The number of phosphoric ester groups is 1. The Bertz CT molecular complexity index is 1330. The smallest absolute Gasteiger partial charge is 0.306 e. The number of amides is 1. The lowest BCUT2D eigenvalue weighted by Gasteiger charge is -2.30. The van der Waals surface area contributed by atoms with Gasteiger partial charge < -0.3 is 28.5 Å². The minimum Gasteiger partial charge on any atom is -0.756 e. The molecule has 0 radical (unpaired) electrons. The molecule has 72 heavy (non-hydrogen) atoms. The molecule has 0 fully saturated rings. The molecule has 0 bridgehead atoms. The van der Waals surface area contributed by atoms with Gasteiger partial charge in [0.1, 0.15) is 19.3 Å². The van der Waals surface area contributed by atoms with Gasteiger partial charge in [-0.25, -0.2) is 0 Å². The average molecular weight is 1040 g/mol. The van der Waals surface area contributed by atoms with Crippen LogP contribution in [0.1, 0.15) is 297 Å². The van der Waals surface area contributed by atoms with Crippen LogP contribution in [0.2, 0.25) is 0 Å². The van der Waals surface area contributed by atoms with Crippen LogP contribution in [0.3, 0.4) is 0 Å². The van der Waals surface area contributed by atoms with Crippen LogP contribution >= 0.6 is 7.82 Å². The molecule has 0 aliphatic rings. The van der Waals surface area contributed by atoms with E-state index in [1.807, 2.05) is 33.3 Å². The van der Waals surface area contributed by atoms with E-state index in [4.69, 9.17) is 13.8 Å². The average Bonchev–Trinajstić information content (AvgIpc) is 3.34. The summed E-state index contributed by atoms with van der Waals surface area (Å²) in [5.41, 5.74) is 0. The van der Waals surface area contributed by atoms with E-state index in [1.165, 1.54) is 186 Å². The number of unbranched alkanes of at least 4 members (excludes halogenated alkanes) is 36. The molecular weight excluding hydrogens is 916 g/mol. The zero-order chi connectivity index (χ0) is 52.9. The van der Waals surface area contributed by atoms with E-state index in [2.05, 4.69) is 50.4 Å². The highest BCUT2D eigenvalue weighted by atomic mass is 31.2. The third-order valence-corrected chi connectivity index (χ3v) is 14.8. The van der Waals surface area contributed by atoms with E-state index in [0.29, 0.717) is 17.4 Å². The van der Waals surface area contributed by atoms with Crippen molar-refractivity contribution in [1.29, 1.82) is 0 Å². The van der Waals surface area contributed by atoms with Crippen molar-refractivity contribution >= 4 is 19.7 Å². The van der Waals surface area contributed by atoms with Crippen molar-refractivity contribution in [2.75, 3.05) is 40.9 Å². The predicted octanol–water partition coefficient (Wildman–Crippen LogP) is 18.1. The Kier molecular flexibility index (Phi) is 51.4. The molecule has 0 heterocycles. The summed E-state index contributed by atoms with van der Waals surface area (Å²) in [5.74, 6) is -0.537. The molecule has 3 unspecified atom stereocenters.